The minimum Gasteiger partial charge on any atom is -0.320 e. The Morgan fingerprint density at radius 3 is 2.47 bits per heavy atom. The summed E-state index contributed by atoms with van der Waals surface area (Å²) in [7, 11) is 0. The Morgan fingerprint density at radius 2 is 1.74 bits per heavy atom. The van der Waals surface area contributed by atoms with Gasteiger partial charge in [-0.25, -0.2) is 4.99 Å². The summed E-state index contributed by atoms with van der Waals surface area (Å²) in [6.07, 6.45) is 0. The molecule has 0 unspecified atom stereocenters. The average molecular weight is 289 g/mol. The first-order chi connectivity index (χ1) is 9.33. The van der Waals surface area contributed by atoms with Crippen LogP contribution in [0, 0.1) is 0 Å². The number of anilines is 1. The van der Waals surface area contributed by atoms with E-state index in [1.54, 1.807) is 11.8 Å². The van der Waals surface area contributed by atoms with Crippen LogP contribution in [-0.2, 0) is 0 Å². The molecule has 4 heteroatoms. The summed E-state index contributed by atoms with van der Waals surface area (Å²) in [5, 5.41) is 1.81. The quantitative estimate of drug-likeness (QED) is 0.804. The van der Waals surface area contributed by atoms with Crippen molar-refractivity contribution >= 4 is 39.9 Å². The smallest absolute Gasteiger partial charge is 0.168 e. The van der Waals surface area contributed by atoms with Gasteiger partial charge in [0.2, 0.25) is 0 Å². The van der Waals surface area contributed by atoms with E-state index in [2.05, 4.69) is 4.90 Å². The van der Waals surface area contributed by atoms with Gasteiger partial charge < -0.3 is 4.90 Å². The molecule has 1 heterocycles. The maximum Gasteiger partial charge on any atom is 0.168 e. The lowest BCUT2D eigenvalue weighted by Gasteiger charge is -2.17. The molecule has 0 aliphatic carbocycles. The number of rotatable bonds is 2. The molecule has 0 aromatic heterocycles. The average Bonchev–Trinajstić information content (AvgIpc) is 2.89. The van der Waals surface area contributed by atoms with E-state index < -0.39 is 0 Å². The zero-order chi connectivity index (χ0) is 13.1. The van der Waals surface area contributed by atoms with Gasteiger partial charge in [0.15, 0.2) is 5.17 Å². The Kier molecular flexibility index (Phi) is 3.76. The van der Waals surface area contributed by atoms with Gasteiger partial charge in [0.25, 0.3) is 0 Å². The van der Waals surface area contributed by atoms with Gasteiger partial charge in [-0.2, -0.15) is 0 Å². The van der Waals surface area contributed by atoms with Gasteiger partial charge in [-0.05, 0) is 36.4 Å². The molecule has 2 aromatic carbocycles. The van der Waals surface area contributed by atoms with Crippen LogP contribution in [0.4, 0.5) is 11.4 Å². The number of halogens is 1. The largest absolute Gasteiger partial charge is 0.320 e. The molecule has 1 aliphatic heterocycles. The second-order valence-corrected chi connectivity index (χ2v) is 5.70. The number of hydrogen-bond donors (Lipinski definition) is 0. The molecule has 2 nitrogen and oxygen atoms in total. The third kappa shape index (κ3) is 2.94. The Hall–Kier alpha value is -1.45. The fraction of sp³-hybridized carbons (Fsp3) is 0.133. The van der Waals surface area contributed by atoms with E-state index in [1.807, 2.05) is 54.6 Å². The van der Waals surface area contributed by atoms with E-state index in [4.69, 9.17) is 16.6 Å². The van der Waals surface area contributed by atoms with Crippen molar-refractivity contribution in [1.29, 1.82) is 0 Å². The van der Waals surface area contributed by atoms with Crippen LogP contribution in [0.25, 0.3) is 0 Å². The summed E-state index contributed by atoms with van der Waals surface area (Å²) in [6, 6.07) is 18.0. The summed E-state index contributed by atoms with van der Waals surface area (Å²) >= 11 is 7.72. The topological polar surface area (TPSA) is 15.6 Å². The zero-order valence-electron chi connectivity index (χ0n) is 10.3. The van der Waals surface area contributed by atoms with E-state index in [0.29, 0.717) is 0 Å². The van der Waals surface area contributed by atoms with Gasteiger partial charge in [-0.1, -0.05) is 41.6 Å². The first kappa shape index (κ1) is 12.6. The van der Waals surface area contributed by atoms with E-state index in [0.717, 1.165) is 33.9 Å². The SMILES string of the molecule is Clc1ccc(N2CCSC2=Nc2ccccc2)cc1. The third-order valence-corrected chi connectivity index (χ3v) is 4.10. The van der Waals surface area contributed by atoms with Gasteiger partial charge in [0.1, 0.15) is 0 Å². The monoisotopic (exact) mass is 288 g/mol. The second kappa shape index (κ2) is 5.68. The van der Waals surface area contributed by atoms with Crippen molar-refractivity contribution in [2.45, 2.75) is 0 Å². The first-order valence-electron chi connectivity index (χ1n) is 6.12. The van der Waals surface area contributed by atoms with Crippen molar-refractivity contribution in [3.8, 4) is 0 Å². The van der Waals surface area contributed by atoms with Gasteiger partial charge in [0, 0.05) is 23.0 Å². The summed E-state index contributed by atoms with van der Waals surface area (Å²) in [5.41, 5.74) is 2.13. The van der Waals surface area contributed by atoms with E-state index in [9.17, 15) is 0 Å². The number of amidine groups is 1. The summed E-state index contributed by atoms with van der Waals surface area (Å²) in [6.45, 7) is 0.984. The molecule has 0 N–H and O–H groups in total. The molecule has 1 saturated heterocycles. The minimum atomic E-state index is 0.761. The number of hydrogen-bond acceptors (Lipinski definition) is 2. The number of benzene rings is 2. The Labute approximate surface area is 122 Å². The highest BCUT2D eigenvalue weighted by atomic mass is 35.5. The van der Waals surface area contributed by atoms with Crippen molar-refractivity contribution in [1.82, 2.24) is 0 Å². The van der Waals surface area contributed by atoms with E-state index in [1.165, 1.54) is 0 Å². The van der Waals surface area contributed by atoms with Crippen molar-refractivity contribution in [2.75, 3.05) is 17.2 Å². The normalized spacial score (nSPS) is 17.1. The van der Waals surface area contributed by atoms with Crippen LogP contribution in [0.2, 0.25) is 5.02 Å². The molecule has 0 spiro atoms. The van der Waals surface area contributed by atoms with Crippen molar-refractivity contribution in [3.63, 3.8) is 0 Å². The first-order valence-corrected chi connectivity index (χ1v) is 7.49. The zero-order valence-corrected chi connectivity index (χ0v) is 11.9. The van der Waals surface area contributed by atoms with E-state index >= 15 is 0 Å². The fourth-order valence-corrected chi connectivity index (χ4v) is 3.07. The molecule has 0 saturated carbocycles. The predicted molar refractivity (Wildman–Crippen MR) is 84.8 cm³/mol. The Bertz CT molecular complexity index is 581. The van der Waals surface area contributed by atoms with Crippen LogP contribution in [0.1, 0.15) is 0 Å². The predicted octanol–water partition coefficient (Wildman–Crippen LogP) is 4.58. The molecule has 0 amide bonds. The minimum absolute atomic E-state index is 0.761. The highest BCUT2D eigenvalue weighted by Gasteiger charge is 2.20. The summed E-state index contributed by atoms with van der Waals surface area (Å²) in [4.78, 5) is 6.94. The van der Waals surface area contributed by atoms with Crippen LogP contribution in [0.3, 0.4) is 0 Å². The van der Waals surface area contributed by atoms with Crippen LogP contribution in [0.5, 0.6) is 0 Å². The Balaban J connectivity index is 1.89. The maximum absolute atomic E-state index is 5.93. The molecule has 0 radical (unpaired) electrons. The highest BCUT2D eigenvalue weighted by Crippen LogP contribution is 2.28. The van der Waals surface area contributed by atoms with Crippen molar-refractivity contribution in [2.24, 2.45) is 4.99 Å². The summed E-state index contributed by atoms with van der Waals surface area (Å²) in [5.74, 6) is 1.06. The van der Waals surface area contributed by atoms with Gasteiger partial charge >= 0.3 is 0 Å². The molecular weight excluding hydrogens is 276 g/mol. The van der Waals surface area contributed by atoms with Crippen LogP contribution >= 0.6 is 23.4 Å². The highest BCUT2D eigenvalue weighted by molar-refractivity contribution is 8.14. The molecule has 96 valence electrons. The van der Waals surface area contributed by atoms with Gasteiger partial charge in [-0.3, -0.25) is 0 Å². The molecule has 1 aliphatic rings. The van der Waals surface area contributed by atoms with E-state index in [-0.39, 0.29) is 0 Å². The standard InChI is InChI=1S/C15H13ClN2S/c16-12-6-8-14(9-7-12)18-10-11-19-15(18)17-13-4-2-1-3-5-13/h1-9H,10-11H2. The Morgan fingerprint density at radius 1 is 1.00 bits per heavy atom. The van der Waals surface area contributed by atoms with Crippen LogP contribution in [0.15, 0.2) is 59.6 Å². The van der Waals surface area contributed by atoms with Crippen molar-refractivity contribution in [3.05, 3.63) is 59.6 Å². The number of para-hydroxylation sites is 1. The number of nitrogens with zero attached hydrogens (tertiary/aromatic N) is 2. The second-order valence-electron chi connectivity index (χ2n) is 4.21. The lowest BCUT2D eigenvalue weighted by molar-refractivity contribution is 1.10. The molecule has 3 rings (SSSR count). The molecular formula is C15H13ClN2S. The third-order valence-electron chi connectivity index (χ3n) is 2.90. The molecule has 0 atom stereocenters. The van der Waals surface area contributed by atoms with Crippen LogP contribution in [-0.4, -0.2) is 17.5 Å². The fourth-order valence-electron chi connectivity index (χ4n) is 1.97. The number of thioether (sulfide) groups is 1. The summed E-state index contributed by atoms with van der Waals surface area (Å²) < 4.78 is 0. The molecule has 0 bridgehead atoms. The van der Waals surface area contributed by atoms with Gasteiger partial charge in [-0.15, -0.1) is 0 Å². The number of aliphatic imine (C=N–C) groups is 1. The van der Waals surface area contributed by atoms with Gasteiger partial charge in [0.05, 0.1) is 5.69 Å². The van der Waals surface area contributed by atoms with Crippen molar-refractivity contribution < 1.29 is 0 Å². The lowest BCUT2D eigenvalue weighted by Crippen LogP contribution is -2.23. The molecule has 2 aromatic rings. The van der Waals surface area contributed by atoms with Crippen LogP contribution < -0.4 is 4.90 Å². The molecule has 1 fully saturated rings. The molecule has 19 heavy (non-hydrogen) atoms. The maximum atomic E-state index is 5.93. The lowest BCUT2D eigenvalue weighted by atomic mass is 10.3.